The van der Waals surface area contributed by atoms with Gasteiger partial charge in [0, 0.05) is 12.8 Å². The van der Waals surface area contributed by atoms with Crippen LogP contribution in [-0.2, 0) is 9.53 Å². The van der Waals surface area contributed by atoms with Crippen molar-refractivity contribution in [2.75, 3.05) is 19.0 Å². The van der Waals surface area contributed by atoms with Crippen molar-refractivity contribution in [3.63, 3.8) is 0 Å². The lowest BCUT2D eigenvalue weighted by Crippen LogP contribution is -2.57. The number of nitrogens with one attached hydrogen (secondary N) is 1. The van der Waals surface area contributed by atoms with Crippen LogP contribution in [0.15, 0.2) is 30.3 Å². The maximum Gasteiger partial charge on any atom is 0.245 e. The van der Waals surface area contributed by atoms with Crippen LogP contribution in [0, 0.1) is 5.92 Å². The highest BCUT2D eigenvalue weighted by atomic mass is 16.5. The van der Waals surface area contributed by atoms with Gasteiger partial charge in [-0.1, -0.05) is 32.0 Å². The maximum absolute atomic E-state index is 11.7. The number of carbonyl (C=O) groups is 1. The Hall–Kier alpha value is -1.55. The lowest BCUT2D eigenvalue weighted by Gasteiger charge is -2.35. The Morgan fingerprint density at radius 3 is 2.41 bits per heavy atom. The quantitative estimate of drug-likeness (QED) is 0.789. The molecule has 1 aromatic carbocycles. The van der Waals surface area contributed by atoms with Gasteiger partial charge < -0.3 is 15.8 Å². The number of ether oxygens (including phenoxy) is 1. The first kappa shape index (κ1) is 13.5. The number of carbonyl (C=O) groups excluding carboxylic acids is 1. The van der Waals surface area contributed by atoms with E-state index in [0.717, 1.165) is 5.69 Å². The number of nitrogens with two attached hydrogens (primary N) is 1. The zero-order chi connectivity index (χ0) is 12.9. The van der Waals surface area contributed by atoms with E-state index in [4.69, 9.17) is 10.5 Å². The zero-order valence-electron chi connectivity index (χ0n) is 10.6. The molecule has 0 bridgehead atoms. The van der Waals surface area contributed by atoms with Crippen molar-refractivity contribution in [1.82, 2.24) is 0 Å². The average Bonchev–Trinajstić information content (AvgIpc) is 2.29. The molecule has 4 nitrogen and oxygen atoms in total. The summed E-state index contributed by atoms with van der Waals surface area (Å²) in [6.07, 6.45) is 0. The van der Waals surface area contributed by atoms with Crippen LogP contribution in [0.2, 0.25) is 0 Å². The predicted octanol–water partition coefficient (Wildman–Crippen LogP) is 1.62. The molecule has 0 aliphatic rings. The van der Waals surface area contributed by atoms with Crippen molar-refractivity contribution >= 4 is 11.6 Å². The highest BCUT2D eigenvalue weighted by molar-refractivity contribution is 5.88. The van der Waals surface area contributed by atoms with Crippen LogP contribution in [-0.4, -0.2) is 25.2 Å². The number of para-hydroxylation sites is 1. The summed E-state index contributed by atoms with van der Waals surface area (Å²) in [7, 11) is 1.56. The van der Waals surface area contributed by atoms with Gasteiger partial charge >= 0.3 is 0 Å². The first-order valence-electron chi connectivity index (χ1n) is 5.65. The Kier molecular flexibility index (Phi) is 4.52. The van der Waals surface area contributed by atoms with Crippen molar-refractivity contribution in [3.8, 4) is 0 Å². The Morgan fingerprint density at radius 2 is 2.00 bits per heavy atom. The minimum Gasteiger partial charge on any atom is -0.382 e. The second-order valence-corrected chi connectivity index (χ2v) is 4.41. The normalized spacial score (nSPS) is 14.4. The Bertz CT molecular complexity index is 365. The van der Waals surface area contributed by atoms with E-state index in [2.05, 4.69) is 5.32 Å². The zero-order valence-corrected chi connectivity index (χ0v) is 10.6. The average molecular weight is 236 g/mol. The van der Waals surface area contributed by atoms with E-state index < -0.39 is 11.4 Å². The van der Waals surface area contributed by atoms with Crippen LogP contribution in [0.3, 0.4) is 0 Å². The van der Waals surface area contributed by atoms with Crippen LogP contribution in [0.5, 0.6) is 0 Å². The van der Waals surface area contributed by atoms with Crippen molar-refractivity contribution in [2.24, 2.45) is 11.7 Å². The summed E-state index contributed by atoms with van der Waals surface area (Å²) in [5.41, 5.74) is 5.50. The van der Waals surface area contributed by atoms with Gasteiger partial charge in [0.15, 0.2) is 0 Å². The van der Waals surface area contributed by atoms with Crippen LogP contribution in [0.4, 0.5) is 5.69 Å². The molecule has 0 radical (unpaired) electrons. The minimum atomic E-state index is -0.879. The molecule has 1 rings (SSSR count). The Labute approximate surface area is 102 Å². The SMILES string of the molecule is COCC(Nc1ccccc1)(C(N)=O)C(C)C. The highest BCUT2D eigenvalue weighted by Crippen LogP contribution is 2.23. The smallest absolute Gasteiger partial charge is 0.245 e. The van der Waals surface area contributed by atoms with E-state index >= 15 is 0 Å². The highest BCUT2D eigenvalue weighted by Gasteiger charge is 2.40. The topological polar surface area (TPSA) is 64.3 Å². The monoisotopic (exact) mass is 236 g/mol. The lowest BCUT2D eigenvalue weighted by molar-refractivity contribution is -0.125. The van der Waals surface area contributed by atoms with Gasteiger partial charge in [-0.05, 0) is 18.1 Å². The molecular formula is C13H20N2O2. The molecule has 1 aromatic rings. The third-order valence-corrected chi connectivity index (χ3v) is 2.94. The molecule has 0 aliphatic heterocycles. The predicted molar refractivity (Wildman–Crippen MR) is 68.7 cm³/mol. The number of benzene rings is 1. The van der Waals surface area contributed by atoms with Crippen molar-refractivity contribution in [3.05, 3.63) is 30.3 Å². The summed E-state index contributed by atoms with van der Waals surface area (Å²) < 4.78 is 5.14. The minimum absolute atomic E-state index is 0.0279. The van der Waals surface area contributed by atoms with Crippen molar-refractivity contribution in [2.45, 2.75) is 19.4 Å². The molecule has 94 valence electrons. The number of anilines is 1. The van der Waals surface area contributed by atoms with E-state index in [1.165, 1.54) is 0 Å². The molecule has 0 aromatic heterocycles. The van der Waals surface area contributed by atoms with Crippen LogP contribution in [0.25, 0.3) is 0 Å². The molecule has 0 saturated heterocycles. The molecule has 1 unspecified atom stereocenters. The van der Waals surface area contributed by atoms with Gasteiger partial charge in [-0.3, -0.25) is 4.79 Å². The fourth-order valence-corrected chi connectivity index (χ4v) is 1.77. The maximum atomic E-state index is 11.7. The Morgan fingerprint density at radius 1 is 1.41 bits per heavy atom. The summed E-state index contributed by atoms with van der Waals surface area (Å²) in [5.74, 6) is -0.377. The molecule has 0 spiro atoms. The van der Waals surface area contributed by atoms with Gasteiger partial charge in [0.2, 0.25) is 5.91 Å². The summed E-state index contributed by atoms with van der Waals surface area (Å²) >= 11 is 0. The number of hydrogen-bond acceptors (Lipinski definition) is 3. The molecule has 0 fully saturated rings. The molecule has 0 heterocycles. The Balaban J connectivity index is 3.01. The summed E-state index contributed by atoms with van der Waals surface area (Å²) in [6, 6.07) is 9.52. The van der Waals surface area contributed by atoms with Gasteiger partial charge in [-0.25, -0.2) is 0 Å². The third kappa shape index (κ3) is 2.97. The first-order valence-corrected chi connectivity index (χ1v) is 5.65. The third-order valence-electron chi connectivity index (χ3n) is 2.94. The molecule has 4 heteroatoms. The molecule has 17 heavy (non-hydrogen) atoms. The molecular weight excluding hydrogens is 216 g/mol. The first-order chi connectivity index (χ1) is 8.03. The van der Waals surface area contributed by atoms with Gasteiger partial charge in [0.1, 0.15) is 5.54 Å². The number of primary amides is 1. The van der Waals surface area contributed by atoms with Crippen LogP contribution < -0.4 is 11.1 Å². The van der Waals surface area contributed by atoms with E-state index in [1.807, 2.05) is 44.2 Å². The van der Waals surface area contributed by atoms with Gasteiger partial charge in [-0.15, -0.1) is 0 Å². The molecule has 1 atom stereocenters. The van der Waals surface area contributed by atoms with Crippen molar-refractivity contribution in [1.29, 1.82) is 0 Å². The fourth-order valence-electron chi connectivity index (χ4n) is 1.77. The summed E-state index contributed by atoms with van der Waals surface area (Å²) in [4.78, 5) is 11.7. The largest absolute Gasteiger partial charge is 0.382 e. The van der Waals surface area contributed by atoms with Gasteiger partial charge in [-0.2, -0.15) is 0 Å². The molecule has 3 N–H and O–H groups in total. The van der Waals surface area contributed by atoms with E-state index in [9.17, 15) is 4.79 Å². The van der Waals surface area contributed by atoms with E-state index in [1.54, 1.807) is 7.11 Å². The second kappa shape index (κ2) is 5.68. The molecule has 0 aliphatic carbocycles. The molecule has 0 saturated carbocycles. The summed E-state index contributed by atoms with van der Waals surface area (Å²) in [6.45, 7) is 4.13. The number of methoxy groups -OCH3 is 1. The van der Waals surface area contributed by atoms with E-state index in [-0.39, 0.29) is 12.5 Å². The fraction of sp³-hybridized carbons (Fsp3) is 0.462. The number of rotatable bonds is 6. The second-order valence-electron chi connectivity index (χ2n) is 4.41. The van der Waals surface area contributed by atoms with Crippen molar-refractivity contribution < 1.29 is 9.53 Å². The number of amides is 1. The standard InChI is InChI=1S/C13H20N2O2/c1-10(2)13(9-17-3,12(14)16)15-11-7-5-4-6-8-11/h4-8,10,15H,9H2,1-3H3,(H2,14,16). The van der Waals surface area contributed by atoms with Crippen LogP contribution in [0.1, 0.15) is 13.8 Å². The summed E-state index contributed by atoms with van der Waals surface area (Å²) in [5, 5.41) is 3.19. The van der Waals surface area contributed by atoms with Gasteiger partial charge in [0.05, 0.1) is 6.61 Å². The van der Waals surface area contributed by atoms with Crippen LogP contribution >= 0.6 is 0 Å². The van der Waals surface area contributed by atoms with Gasteiger partial charge in [0.25, 0.3) is 0 Å². The number of hydrogen-bond donors (Lipinski definition) is 2. The van der Waals surface area contributed by atoms with E-state index in [0.29, 0.717) is 0 Å². The molecule has 1 amide bonds. The lowest BCUT2D eigenvalue weighted by atomic mass is 9.86.